The largest absolute Gasteiger partial charge is 0.313 e. The van der Waals surface area contributed by atoms with Gasteiger partial charge in [0, 0.05) is 28.8 Å². The van der Waals surface area contributed by atoms with E-state index in [1.165, 1.54) is 16.7 Å². The Hall–Kier alpha value is -1.19. The van der Waals surface area contributed by atoms with E-state index in [-0.39, 0.29) is 0 Å². The summed E-state index contributed by atoms with van der Waals surface area (Å²) in [5, 5.41) is 3.38. The zero-order valence-electron chi connectivity index (χ0n) is 11.6. The predicted molar refractivity (Wildman–Crippen MR) is 83.4 cm³/mol. The Balaban J connectivity index is 2.22. The zero-order chi connectivity index (χ0) is 13.8. The predicted octanol–water partition coefficient (Wildman–Crippen LogP) is 3.96. The number of pyridine rings is 1. The SMILES string of the molecule is CNC(Cc1ccc(Br)cn1)c1cc(C)cc(C)c1. The number of halogens is 1. The van der Waals surface area contributed by atoms with E-state index >= 15 is 0 Å². The minimum absolute atomic E-state index is 0.298. The molecule has 19 heavy (non-hydrogen) atoms. The van der Waals surface area contributed by atoms with Crippen LogP contribution in [-0.2, 0) is 6.42 Å². The highest BCUT2D eigenvalue weighted by Gasteiger charge is 2.11. The van der Waals surface area contributed by atoms with E-state index in [1.807, 2.05) is 19.3 Å². The van der Waals surface area contributed by atoms with Crippen LogP contribution in [0.25, 0.3) is 0 Å². The summed E-state index contributed by atoms with van der Waals surface area (Å²) < 4.78 is 1.02. The Morgan fingerprint density at radius 2 is 1.84 bits per heavy atom. The second kappa shape index (κ2) is 6.31. The fourth-order valence-corrected chi connectivity index (χ4v) is 2.57. The molecular formula is C16H19BrN2. The van der Waals surface area contributed by atoms with E-state index < -0.39 is 0 Å². The third-order valence-corrected chi connectivity index (χ3v) is 3.67. The van der Waals surface area contributed by atoms with E-state index in [0.717, 1.165) is 16.6 Å². The molecule has 3 heteroatoms. The number of aromatic nitrogens is 1. The van der Waals surface area contributed by atoms with Crippen molar-refractivity contribution < 1.29 is 0 Å². The van der Waals surface area contributed by atoms with Gasteiger partial charge in [0.2, 0.25) is 0 Å². The van der Waals surface area contributed by atoms with E-state index in [0.29, 0.717) is 6.04 Å². The molecule has 100 valence electrons. The zero-order valence-corrected chi connectivity index (χ0v) is 13.2. The lowest BCUT2D eigenvalue weighted by Crippen LogP contribution is -2.19. The lowest BCUT2D eigenvalue weighted by molar-refractivity contribution is 0.583. The lowest BCUT2D eigenvalue weighted by atomic mass is 9.98. The van der Waals surface area contributed by atoms with Gasteiger partial charge < -0.3 is 5.32 Å². The standard InChI is InChI=1S/C16H19BrN2/c1-11-6-12(2)8-13(7-11)16(18-3)9-15-5-4-14(17)10-19-15/h4-8,10,16,18H,9H2,1-3H3. The van der Waals surface area contributed by atoms with E-state index in [1.54, 1.807) is 0 Å². The number of benzene rings is 1. The molecule has 1 N–H and O–H groups in total. The molecule has 1 unspecified atom stereocenters. The van der Waals surface area contributed by atoms with Gasteiger partial charge in [0.05, 0.1) is 0 Å². The molecule has 2 nitrogen and oxygen atoms in total. The van der Waals surface area contributed by atoms with Crippen molar-refractivity contribution >= 4 is 15.9 Å². The Labute approximate surface area is 123 Å². The average Bonchev–Trinajstić information content (AvgIpc) is 2.37. The number of likely N-dealkylation sites (N-methyl/N-ethyl adjacent to an activating group) is 1. The molecule has 2 rings (SSSR count). The van der Waals surface area contributed by atoms with Gasteiger partial charge in [-0.1, -0.05) is 29.3 Å². The van der Waals surface area contributed by atoms with E-state index in [4.69, 9.17) is 0 Å². The molecular weight excluding hydrogens is 300 g/mol. The van der Waals surface area contributed by atoms with Crippen molar-refractivity contribution in [1.29, 1.82) is 0 Å². The van der Waals surface area contributed by atoms with Crippen LogP contribution >= 0.6 is 15.9 Å². The number of aryl methyl sites for hydroxylation is 2. The summed E-state index contributed by atoms with van der Waals surface area (Å²) in [6.07, 6.45) is 2.75. The summed E-state index contributed by atoms with van der Waals surface area (Å²) in [6.45, 7) is 4.28. The van der Waals surface area contributed by atoms with Crippen molar-refractivity contribution in [3.05, 3.63) is 63.4 Å². The molecule has 0 bridgehead atoms. The molecule has 1 heterocycles. The topological polar surface area (TPSA) is 24.9 Å². The first-order valence-corrected chi connectivity index (χ1v) is 7.23. The smallest absolute Gasteiger partial charge is 0.0423 e. The molecule has 0 saturated carbocycles. The second-order valence-corrected chi connectivity index (χ2v) is 5.85. The van der Waals surface area contributed by atoms with Crippen molar-refractivity contribution in [2.75, 3.05) is 7.05 Å². The third-order valence-electron chi connectivity index (χ3n) is 3.20. The normalized spacial score (nSPS) is 12.4. The van der Waals surface area contributed by atoms with Gasteiger partial charge in [0.1, 0.15) is 0 Å². The van der Waals surface area contributed by atoms with Crippen molar-refractivity contribution in [2.45, 2.75) is 26.3 Å². The minimum Gasteiger partial charge on any atom is -0.313 e. The Kier molecular flexibility index (Phi) is 4.72. The summed E-state index contributed by atoms with van der Waals surface area (Å²) in [4.78, 5) is 4.45. The van der Waals surface area contributed by atoms with E-state index in [9.17, 15) is 0 Å². The Morgan fingerprint density at radius 1 is 1.16 bits per heavy atom. The van der Waals surface area contributed by atoms with Gasteiger partial charge in [-0.05, 0) is 54.5 Å². The first-order valence-electron chi connectivity index (χ1n) is 6.44. The Bertz CT molecular complexity index is 529. The van der Waals surface area contributed by atoms with Gasteiger partial charge in [-0.25, -0.2) is 0 Å². The highest BCUT2D eigenvalue weighted by Crippen LogP contribution is 2.20. The summed E-state index contributed by atoms with van der Waals surface area (Å²) in [6, 6.07) is 11.1. The lowest BCUT2D eigenvalue weighted by Gasteiger charge is -2.17. The van der Waals surface area contributed by atoms with Crippen molar-refractivity contribution in [3.63, 3.8) is 0 Å². The summed E-state index contributed by atoms with van der Waals surface area (Å²) in [5.41, 5.74) is 5.03. The van der Waals surface area contributed by atoms with Crippen LogP contribution in [0.4, 0.5) is 0 Å². The maximum atomic E-state index is 4.45. The van der Waals surface area contributed by atoms with Gasteiger partial charge in [0.15, 0.2) is 0 Å². The van der Waals surface area contributed by atoms with Crippen molar-refractivity contribution in [2.24, 2.45) is 0 Å². The van der Waals surface area contributed by atoms with Crippen molar-refractivity contribution in [3.8, 4) is 0 Å². The molecule has 0 radical (unpaired) electrons. The van der Waals surface area contributed by atoms with Gasteiger partial charge in [-0.3, -0.25) is 4.98 Å². The van der Waals surface area contributed by atoms with Crippen LogP contribution in [0.3, 0.4) is 0 Å². The molecule has 1 atom stereocenters. The molecule has 0 aliphatic rings. The molecule has 2 aromatic rings. The van der Waals surface area contributed by atoms with Gasteiger partial charge in [0.25, 0.3) is 0 Å². The number of rotatable bonds is 4. The summed E-state index contributed by atoms with van der Waals surface area (Å²) >= 11 is 3.41. The molecule has 0 fully saturated rings. The molecule has 0 saturated heterocycles. The van der Waals surface area contributed by atoms with Gasteiger partial charge in [-0.15, -0.1) is 0 Å². The molecule has 0 aliphatic carbocycles. The maximum absolute atomic E-state index is 4.45. The Morgan fingerprint density at radius 3 is 2.37 bits per heavy atom. The molecule has 1 aromatic carbocycles. The van der Waals surface area contributed by atoms with Gasteiger partial charge >= 0.3 is 0 Å². The molecule has 0 amide bonds. The summed E-state index contributed by atoms with van der Waals surface area (Å²) in [7, 11) is 2.00. The molecule has 0 spiro atoms. The van der Waals surface area contributed by atoms with Crippen LogP contribution < -0.4 is 5.32 Å². The number of nitrogens with one attached hydrogen (secondary N) is 1. The monoisotopic (exact) mass is 318 g/mol. The van der Waals surface area contributed by atoms with Crippen LogP contribution in [-0.4, -0.2) is 12.0 Å². The third kappa shape index (κ3) is 3.88. The number of nitrogens with zero attached hydrogens (tertiary/aromatic N) is 1. The summed E-state index contributed by atoms with van der Waals surface area (Å²) in [5.74, 6) is 0. The second-order valence-electron chi connectivity index (χ2n) is 4.93. The quantitative estimate of drug-likeness (QED) is 0.922. The first kappa shape index (κ1) is 14.2. The molecule has 0 aliphatic heterocycles. The fraction of sp³-hybridized carbons (Fsp3) is 0.312. The van der Waals surface area contributed by atoms with Crippen LogP contribution in [0.1, 0.15) is 28.4 Å². The number of hydrogen-bond donors (Lipinski definition) is 1. The molecule has 1 aromatic heterocycles. The van der Waals surface area contributed by atoms with E-state index in [2.05, 4.69) is 64.3 Å². The van der Waals surface area contributed by atoms with Crippen LogP contribution in [0.2, 0.25) is 0 Å². The maximum Gasteiger partial charge on any atom is 0.0423 e. The van der Waals surface area contributed by atoms with Crippen LogP contribution in [0, 0.1) is 13.8 Å². The fourth-order valence-electron chi connectivity index (χ4n) is 2.33. The number of hydrogen-bond acceptors (Lipinski definition) is 2. The first-order chi connectivity index (χ1) is 9.08. The van der Waals surface area contributed by atoms with Crippen molar-refractivity contribution in [1.82, 2.24) is 10.3 Å². The minimum atomic E-state index is 0.298. The average molecular weight is 319 g/mol. The van der Waals surface area contributed by atoms with Crippen LogP contribution in [0.5, 0.6) is 0 Å². The highest BCUT2D eigenvalue weighted by atomic mass is 79.9. The van der Waals surface area contributed by atoms with Gasteiger partial charge in [-0.2, -0.15) is 0 Å². The highest BCUT2D eigenvalue weighted by molar-refractivity contribution is 9.10. The van der Waals surface area contributed by atoms with Crippen LogP contribution in [0.15, 0.2) is 41.0 Å².